The lowest BCUT2D eigenvalue weighted by Crippen LogP contribution is -2.24. The van der Waals surface area contributed by atoms with Crippen LogP contribution in [-0.2, 0) is 4.79 Å². The molecular formula is C11H16N2O2. The second-order valence-electron chi connectivity index (χ2n) is 3.79. The molecule has 1 aromatic rings. The fourth-order valence-corrected chi connectivity index (χ4v) is 1.11. The van der Waals surface area contributed by atoms with Crippen molar-refractivity contribution in [1.29, 1.82) is 0 Å². The van der Waals surface area contributed by atoms with E-state index >= 15 is 0 Å². The molecule has 2 N–H and O–H groups in total. The fourth-order valence-electron chi connectivity index (χ4n) is 1.11. The van der Waals surface area contributed by atoms with Crippen LogP contribution in [-0.4, -0.2) is 22.1 Å². The second-order valence-corrected chi connectivity index (χ2v) is 3.79. The predicted octanol–water partition coefficient (Wildman–Crippen LogP) is 1.52. The molecule has 4 heteroatoms. The van der Waals surface area contributed by atoms with Gasteiger partial charge in [-0.15, -0.1) is 0 Å². The number of pyridine rings is 1. The number of carbonyl (C=O) groups is 1. The van der Waals surface area contributed by atoms with Gasteiger partial charge in [0.25, 0.3) is 5.91 Å². The summed E-state index contributed by atoms with van der Waals surface area (Å²) < 4.78 is 0. The van der Waals surface area contributed by atoms with Crippen LogP contribution >= 0.6 is 0 Å². The lowest BCUT2D eigenvalue weighted by Gasteiger charge is -2.09. The minimum atomic E-state index is -1.02. The Balaban J connectivity index is 2.78. The van der Waals surface area contributed by atoms with E-state index in [0.29, 0.717) is 11.7 Å². The molecule has 1 rings (SSSR count). The van der Waals surface area contributed by atoms with Crippen LogP contribution < -0.4 is 5.32 Å². The molecule has 1 heterocycles. The Morgan fingerprint density at radius 1 is 1.47 bits per heavy atom. The summed E-state index contributed by atoms with van der Waals surface area (Å²) in [7, 11) is 0. The quantitative estimate of drug-likeness (QED) is 0.791. The molecule has 0 aromatic carbocycles. The second kappa shape index (κ2) is 4.89. The minimum Gasteiger partial charge on any atom is -0.384 e. The van der Waals surface area contributed by atoms with E-state index in [1.54, 1.807) is 6.20 Å². The molecule has 1 amide bonds. The SMILES string of the molecule is CC(O)C(=O)Nc1cc(C(C)C)ccn1. The van der Waals surface area contributed by atoms with Gasteiger partial charge >= 0.3 is 0 Å². The molecule has 82 valence electrons. The van der Waals surface area contributed by atoms with Gasteiger partial charge in [-0.3, -0.25) is 4.79 Å². The number of nitrogens with one attached hydrogen (secondary N) is 1. The van der Waals surface area contributed by atoms with Crippen molar-refractivity contribution in [3.05, 3.63) is 23.9 Å². The first-order chi connectivity index (χ1) is 7.00. The van der Waals surface area contributed by atoms with Crippen LogP contribution in [0.2, 0.25) is 0 Å². The van der Waals surface area contributed by atoms with Crippen LogP contribution in [0.3, 0.4) is 0 Å². The number of hydrogen-bond donors (Lipinski definition) is 2. The molecule has 0 bridgehead atoms. The van der Waals surface area contributed by atoms with Crippen molar-refractivity contribution >= 4 is 11.7 Å². The third-order valence-corrected chi connectivity index (χ3v) is 2.08. The number of anilines is 1. The summed E-state index contributed by atoms with van der Waals surface area (Å²) >= 11 is 0. The number of hydrogen-bond acceptors (Lipinski definition) is 3. The molecule has 1 unspecified atom stereocenters. The van der Waals surface area contributed by atoms with E-state index in [4.69, 9.17) is 5.11 Å². The van der Waals surface area contributed by atoms with E-state index in [9.17, 15) is 4.79 Å². The average molecular weight is 208 g/mol. The van der Waals surface area contributed by atoms with Gasteiger partial charge in [-0.1, -0.05) is 13.8 Å². The van der Waals surface area contributed by atoms with Gasteiger partial charge in [-0.2, -0.15) is 0 Å². The van der Waals surface area contributed by atoms with Crippen LogP contribution in [0, 0.1) is 0 Å². The first-order valence-corrected chi connectivity index (χ1v) is 4.95. The van der Waals surface area contributed by atoms with Crippen LogP contribution in [0.5, 0.6) is 0 Å². The molecule has 0 saturated carbocycles. The highest BCUT2D eigenvalue weighted by molar-refractivity contribution is 5.92. The number of aromatic nitrogens is 1. The molecule has 0 spiro atoms. The van der Waals surface area contributed by atoms with Crippen molar-refractivity contribution in [3.63, 3.8) is 0 Å². The number of carbonyl (C=O) groups excluding carboxylic acids is 1. The third kappa shape index (κ3) is 3.32. The van der Waals surface area contributed by atoms with Gasteiger partial charge in [-0.05, 0) is 30.5 Å². The van der Waals surface area contributed by atoms with Gasteiger partial charge in [0.15, 0.2) is 0 Å². The number of nitrogens with zero attached hydrogens (tertiary/aromatic N) is 1. The largest absolute Gasteiger partial charge is 0.384 e. The van der Waals surface area contributed by atoms with E-state index in [1.807, 2.05) is 12.1 Å². The van der Waals surface area contributed by atoms with E-state index in [2.05, 4.69) is 24.1 Å². The van der Waals surface area contributed by atoms with Crippen molar-refractivity contribution in [2.45, 2.75) is 32.8 Å². The average Bonchev–Trinajstić information content (AvgIpc) is 2.18. The van der Waals surface area contributed by atoms with Gasteiger partial charge in [0.1, 0.15) is 11.9 Å². The highest BCUT2D eigenvalue weighted by Gasteiger charge is 2.10. The van der Waals surface area contributed by atoms with E-state index in [1.165, 1.54) is 6.92 Å². The first-order valence-electron chi connectivity index (χ1n) is 4.95. The molecule has 0 fully saturated rings. The fraction of sp³-hybridized carbons (Fsp3) is 0.455. The molecule has 4 nitrogen and oxygen atoms in total. The van der Waals surface area contributed by atoms with Crippen molar-refractivity contribution in [3.8, 4) is 0 Å². The third-order valence-electron chi connectivity index (χ3n) is 2.08. The molecule has 0 aliphatic rings. The van der Waals surface area contributed by atoms with Gasteiger partial charge in [0.2, 0.25) is 0 Å². The number of aliphatic hydroxyl groups is 1. The lowest BCUT2D eigenvalue weighted by atomic mass is 10.1. The van der Waals surface area contributed by atoms with Crippen LogP contribution in [0.1, 0.15) is 32.3 Å². The Labute approximate surface area is 89.3 Å². The topological polar surface area (TPSA) is 62.2 Å². The smallest absolute Gasteiger partial charge is 0.254 e. The van der Waals surface area contributed by atoms with Crippen LogP contribution in [0.15, 0.2) is 18.3 Å². The summed E-state index contributed by atoms with van der Waals surface area (Å²) in [5, 5.41) is 11.6. The molecule has 1 atom stereocenters. The normalized spacial score (nSPS) is 12.6. The maximum atomic E-state index is 11.2. The number of rotatable bonds is 3. The maximum Gasteiger partial charge on any atom is 0.254 e. The standard InChI is InChI=1S/C11H16N2O2/c1-7(2)9-4-5-12-10(6-9)13-11(15)8(3)14/h4-8,14H,1-3H3,(H,12,13,15). The highest BCUT2D eigenvalue weighted by atomic mass is 16.3. The molecule has 0 aliphatic heterocycles. The van der Waals surface area contributed by atoms with Gasteiger partial charge < -0.3 is 10.4 Å². The Bertz CT molecular complexity index is 348. The summed E-state index contributed by atoms with van der Waals surface area (Å²) in [6.07, 6.45) is 0.627. The Morgan fingerprint density at radius 2 is 2.13 bits per heavy atom. The highest BCUT2D eigenvalue weighted by Crippen LogP contribution is 2.16. The summed E-state index contributed by atoms with van der Waals surface area (Å²) in [4.78, 5) is 15.2. The van der Waals surface area contributed by atoms with Crippen molar-refractivity contribution in [1.82, 2.24) is 4.98 Å². The van der Waals surface area contributed by atoms with E-state index < -0.39 is 12.0 Å². The van der Waals surface area contributed by atoms with Crippen molar-refractivity contribution < 1.29 is 9.90 Å². The zero-order chi connectivity index (χ0) is 11.4. The van der Waals surface area contributed by atoms with Gasteiger partial charge in [0, 0.05) is 6.20 Å². The van der Waals surface area contributed by atoms with Crippen LogP contribution in [0.4, 0.5) is 5.82 Å². The molecule has 0 radical (unpaired) electrons. The summed E-state index contributed by atoms with van der Waals surface area (Å²) in [6, 6.07) is 3.72. The van der Waals surface area contributed by atoms with Gasteiger partial charge in [0.05, 0.1) is 0 Å². The maximum absolute atomic E-state index is 11.2. The summed E-state index contributed by atoms with van der Waals surface area (Å²) in [5.74, 6) is 0.422. The zero-order valence-corrected chi connectivity index (χ0v) is 9.19. The van der Waals surface area contributed by atoms with Crippen molar-refractivity contribution in [2.24, 2.45) is 0 Å². The first kappa shape index (κ1) is 11.7. The lowest BCUT2D eigenvalue weighted by molar-refractivity contribution is -0.123. The summed E-state index contributed by atoms with van der Waals surface area (Å²) in [5.41, 5.74) is 1.10. The molecule has 0 saturated heterocycles. The monoisotopic (exact) mass is 208 g/mol. The number of amides is 1. The van der Waals surface area contributed by atoms with Crippen molar-refractivity contribution in [2.75, 3.05) is 5.32 Å². The Hall–Kier alpha value is -1.42. The minimum absolute atomic E-state index is 0.384. The van der Waals surface area contributed by atoms with E-state index in [0.717, 1.165) is 5.56 Å². The predicted molar refractivity (Wildman–Crippen MR) is 58.6 cm³/mol. The van der Waals surface area contributed by atoms with Crippen LogP contribution in [0.25, 0.3) is 0 Å². The zero-order valence-electron chi connectivity index (χ0n) is 9.19. The number of aliphatic hydroxyl groups excluding tert-OH is 1. The molecule has 1 aromatic heterocycles. The molecule has 15 heavy (non-hydrogen) atoms. The Kier molecular flexibility index (Phi) is 3.80. The molecule has 0 aliphatic carbocycles. The van der Waals surface area contributed by atoms with Gasteiger partial charge in [-0.25, -0.2) is 4.98 Å². The molecular weight excluding hydrogens is 192 g/mol. The Morgan fingerprint density at radius 3 is 2.67 bits per heavy atom. The summed E-state index contributed by atoms with van der Waals surface area (Å²) in [6.45, 7) is 5.55. The van der Waals surface area contributed by atoms with E-state index in [-0.39, 0.29) is 0 Å².